The largest absolute Gasteiger partial charge is 0.507 e. The summed E-state index contributed by atoms with van der Waals surface area (Å²) in [5.74, 6) is -0.192. The van der Waals surface area contributed by atoms with Gasteiger partial charge in [-0.3, -0.25) is 4.79 Å². The summed E-state index contributed by atoms with van der Waals surface area (Å²) in [6.45, 7) is 2.88. The van der Waals surface area contributed by atoms with Crippen LogP contribution in [0, 0.1) is 5.92 Å². The summed E-state index contributed by atoms with van der Waals surface area (Å²) in [6.07, 6.45) is 1.97. The number of ether oxygens (including phenoxy) is 2. The first-order valence-corrected chi connectivity index (χ1v) is 9.88. The van der Waals surface area contributed by atoms with E-state index in [4.69, 9.17) is 9.47 Å². The molecule has 0 spiro atoms. The van der Waals surface area contributed by atoms with Gasteiger partial charge in [0, 0.05) is 19.2 Å². The van der Waals surface area contributed by atoms with Crippen LogP contribution in [0.3, 0.4) is 0 Å². The van der Waals surface area contributed by atoms with Gasteiger partial charge in [-0.15, -0.1) is 0 Å². The van der Waals surface area contributed by atoms with Crippen LogP contribution in [-0.4, -0.2) is 48.2 Å². The van der Waals surface area contributed by atoms with E-state index in [-0.39, 0.29) is 17.2 Å². The molecule has 0 radical (unpaired) electrons. The maximum absolute atomic E-state index is 12.7. The predicted molar refractivity (Wildman–Crippen MR) is 109 cm³/mol. The number of rotatable bonds is 6. The van der Waals surface area contributed by atoms with Crippen LogP contribution in [0.1, 0.15) is 35.7 Å². The highest BCUT2D eigenvalue weighted by atomic mass is 16.5. The number of carbonyl (C=O) groups is 2. The fourth-order valence-corrected chi connectivity index (χ4v) is 3.65. The molecule has 3 rings (SSSR count). The van der Waals surface area contributed by atoms with Crippen molar-refractivity contribution in [2.24, 2.45) is 5.92 Å². The highest BCUT2D eigenvalue weighted by molar-refractivity contribution is 5.94. The summed E-state index contributed by atoms with van der Waals surface area (Å²) >= 11 is 0. The third-order valence-corrected chi connectivity index (χ3v) is 5.35. The molecule has 1 N–H and O–H groups in total. The first-order valence-electron chi connectivity index (χ1n) is 9.88. The molecule has 0 bridgehead atoms. The smallest absolute Gasteiger partial charge is 0.342 e. The van der Waals surface area contributed by atoms with Gasteiger partial charge in [0.1, 0.15) is 17.1 Å². The first kappa shape index (κ1) is 20.7. The van der Waals surface area contributed by atoms with E-state index in [2.05, 4.69) is 12.1 Å². The number of carbonyl (C=O) groups excluding carboxylic acids is 2. The molecule has 1 fully saturated rings. The minimum absolute atomic E-state index is 0.00650. The lowest BCUT2D eigenvalue weighted by atomic mass is 9.90. The van der Waals surface area contributed by atoms with Gasteiger partial charge in [0.25, 0.3) is 5.91 Å². The van der Waals surface area contributed by atoms with Crippen LogP contribution in [0.5, 0.6) is 11.5 Å². The van der Waals surface area contributed by atoms with Crippen molar-refractivity contribution in [3.8, 4) is 11.5 Å². The summed E-state index contributed by atoms with van der Waals surface area (Å²) in [7, 11) is 1.47. The Morgan fingerprint density at radius 3 is 2.45 bits per heavy atom. The molecule has 0 aliphatic carbocycles. The van der Waals surface area contributed by atoms with E-state index >= 15 is 0 Å². The fraction of sp³-hybridized carbons (Fsp3) is 0.391. The van der Waals surface area contributed by atoms with Gasteiger partial charge < -0.3 is 19.5 Å². The van der Waals surface area contributed by atoms with Crippen LogP contribution in [0.15, 0.2) is 48.5 Å². The van der Waals surface area contributed by atoms with Crippen LogP contribution in [0.25, 0.3) is 0 Å². The quantitative estimate of drug-likeness (QED) is 0.756. The van der Waals surface area contributed by atoms with Crippen LogP contribution in [0.4, 0.5) is 0 Å². The van der Waals surface area contributed by atoms with Crippen molar-refractivity contribution in [2.75, 3.05) is 20.2 Å². The molecule has 6 heteroatoms. The molecule has 1 heterocycles. The predicted octanol–water partition coefficient (Wildman–Crippen LogP) is 3.43. The maximum atomic E-state index is 12.7. The zero-order valence-corrected chi connectivity index (χ0v) is 16.8. The van der Waals surface area contributed by atoms with Crippen LogP contribution in [0.2, 0.25) is 0 Å². The fourth-order valence-electron chi connectivity index (χ4n) is 3.65. The van der Waals surface area contributed by atoms with Crippen molar-refractivity contribution in [2.45, 2.75) is 32.3 Å². The van der Waals surface area contributed by atoms with Gasteiger partial charge in [0.2, 0.25) is 0 Å². The second kappa shape index (κ2) is 9.45. The van der Waals surface area contributed by atoms with E-state index in [0.717, 1.165) is 19.3 Å². The topological polar surface area (TPSA) is 76.1 Å². The molecule has 29 heavy (non-hydrogen) atoms. The summed E-state index contributed by atoms with van der Waals surface area (Å²) in [5, 5.41) is 9.97. The SMILES string of the molecule is COc1ccc(C(=O)O[C@@H](C)C(=O)N2CCC(Cc3ccccc3)CC2)c(O)c1. The Morgan fingerprint density at radius 2 is 1.83 bits per heavy atom. The molecule has 0 unspecified atom stereocenters. The second-order valence-electron chi connectivity index (χ2n) is 7.39. The third kappa shape index (κ3) is 5.28. The average Bonchev–Trinajstić information content (AvgIpc) is 2.74. The first-order chi connectivity index (χ1) is 14.0. The normalized spacial score (nSPS) is 15.6. The van der Waals surface area contributed by atoms with Crippen LogP contribution < -0.4 is 4.74 Å². The summed E-state index contributed by atoms with van der Waals surface area (Å²) in [6, 6.07) is 14.7. The second-order valence-corrected chi connectivity index (χ2v) is 7.39. The molecule has 6 nitrogen and oxygen atoms in total. The molecule has 2 aromatic rings. The molecule has 154 valence electrons. The Morgan fingerprint density at radius 1 is 1.14 bits per heavy atom. The van der Waals surface area contributed by atoms with E-state index in [9.17, 15) is 14.7 Å². The Labute approximate surface area is 171 Å². The van der Waals surface area contributed by atoms with Gasteiger partial charge >= 0.3 is 5.97 Å². The van der Waals surface area contributed by atoms with E-state index < -0.39 is 12.1 Å². The number of hydrogen-bond acceptors (Lipinski definition) is 5. The minimum atomic E-state index is -0.908. The molecular weight excluding hydrogens is 370 g/mol. The number of piperidine rings is 1. The van der Waals surface area contributed by atoms with Gasteiger partial charge in [-0.05, 0) is 49.8 Å². The molecule has 1 aliphatic heterocycles. The maximum Gasteiger partial charge on any atom is 0.342 e. The average molecular weight is 397 g/mol. The number of phenols is 1. The molecular formula is C23H27NO5. The highest BCUT2D eigenvalue weighted by Gasteiger charge is 2.29. The van der Waals surface area contributed by atoms with Gasteiger partial charge in [0.05, 0.1) is 7.11 Å². The van der Waals surface area contributed by atoms with Crippen molar-refractivity contribution in [1.29, 1.82) is 0 Å². The van der Waals surface area contributed by atoms with Crippen molar-refractivity contribution < 1.29 is 24.2 Å². The molecule has 2 aromatic carbocycles. The molecule has 1 atom stereocenters. The number of nitrogens with zero attached hydrogens (tertiary/aromatic N) is 1. The number of likely N-dealkylation sites (tertiary alicyclic amines) is 1. The van der Waals surface area contributed by atoms with Gasteiger partial charge in [-0.25, -0.2) is 4.79 Å². The van der Waals surface area contributed by atoms with Gasteiger partial charge in [0.15, 0.2) is 6.10 Å². The van der Waals surface area contributed by atoms with Crippen LogP contribution >= 0.6 is 0 Å². The minimum Gasteiger partial charge on any atom is -0.507 e. The summed E-state index contributed by atoms with van der Waals surface area (Å²) in [5.41, 5.74) is 1.32. The molecule has 1 saturated heterocycles. The zero-order chi connectivity index (χ0) is 20.8. The third-order valence-electron chi connectivity index (χ3n) is 5.35. The van der Waals surface area contributed by atoms with Gasteiger partial charge in [-0.2, -0.15) is 0 Å². The number of methoxy groups -OCH3 is 1. The lowest BCUT2D eigenvalue weighted by molar-refractivity contribution is -0.141. The number of esters is 1. The number of hydrogen-bond donors (Lipinski definition) is 1. The van der Waals surface area contributed by atoms with Crippen molar-refractivity contribution >= 4 is 11.9 Å². The van der Waals surface area contributed by atoms with E-state index in [1.54, 1.807) is 17.9 Å². The van der Waals surface area contributed by atoms with E-state index in [1.807, 2.05) is 18.2 Å². The molecule has 0 saturated carbocycles. The van der Waals surface area contributed by atoms with Crippen molar-refractivity contribution in [3.63, 3.8) is 0 Å². The number of phenolic OH excluding ortho intramolecular Hbond substituents is 1. The zero-order valence-electron chi connectivity index (χ0n) is 16.8. The van der Waals surface area contributed by atoms with Crippen molar-refractivity contribution in [1.82, 2.24) is 4.90 Å². The number of amides is 1. The monoisotopic (exact) mass is 397 g/mol. The Kier molecular flexibility index (Phi) is 6.75. The highest BCUT2D eigenvalue weighted by Crippen LogP contribution is 2.25. The summed E-state index contributed by atoms with van der Waals surface area (Å²) in [4.78, 5) is 26.8. The van der Waals surface area contributed by atoms with E-state index in [1.165, 1.54) is 24.8 Å². The van der Waals surface area contributed by atoms with E-state index in [0.29, 0.717) is 24.8 Å². The Bertz CT molecular complexity index is 844. The van der Waals surface area contributed by atoms with Gasteiger partial charge in [-0.1, -0.05) is 30.3 Å². The summed E-state index contributed by atoms with van der Waals surface area (Å²) < 4.78 is 10.3. The standard InChI is InChI=1S/C23H27NO5/c1-16(29-23(27)20-9-8-19(28-2)15-21(20)25)22(26)24-12-10-18(11-13-24)14-17-6-4-3-5-7-17/h3-9,15-16,18,25H,10-14H2,1-2H3/t16-/m0/s1. The number of aromatic hydroxyl groups is 1. The Hall–Kier alpha value is -3.02. The molecule has 1 amide bonds. The van der Waals surface area contributed by atoms with Crippen LogP contribution in [-0.2, 0) is 16.0 Å². The Balaban J connectivity index is 1.51. The molecule has 0 aromatic heterocycles. The molecule has 1 aliphatic rings. The van der Waals surface area contributed by atoms with Crippen molar-refractivity contribution in [3.05, 3.63) is 59.7 Å². The lowest BCUT2D eigenvalue weighted by Gasteiger charge is -2.33. The lowest BCUT2D eigenvalue weighted by Crippen LogP contribution is -2.44. The number of benzene rings is 2.